The molecule has 0 radical (unpaired) electrons. The van der Waals surface area contributed by atoms with Crippen molar-refractivity contribution >= 4 is 17.2 Å². The van der Waals surface area contributed by atoms with Crippen LogP contribution in [-0.4, -0.2) is 39.1 Å². The van der Waals surface area contributed by atoms with Crippen LogP contribution in [0.4, 0.5) is 0 Å². The van der Waals surface area contributed by atoms with Crippen LogP contribution in [0.3, 0.4) is 0 Å². The van der Waals surface area contributed by atoms with Crippen LogP contribution in [0, 0.1) is 6.92 Å². The number of carbonyl (C=O) groups excluding carboxylic acids is 1. The van der Waals surface area contributed by atoms with Crippen molar-refractivity contribution in [3.05, 3.63) is 40.9 Å². The molecule has 2 heterocycles. The number of thiazole rings is 1. The first-order chi connectivity index (χ1) is 10.9. The molecule has 1 saturated heterocycles. The fourth-order valence-electron chi connectivity index (χ4n) is 3.09. The number of amides is 1. The molecule has 23 heavy (non-hydrogen) atoms. The molecule has 1 fully saturated rings. The second-order valence-corrected chi connectivity index (χ2v) is 7.57. The van der Waals surface area contributed by atoms with Crippen molar-refractivity contribution in [2.75, 3.05) is 6.54 Å². The van der Waals surface area contributed by atoms with E-state index >= 15 is 0 Å². The highest BCUT2D eigenvalue weighted by Gasteiger charge is 2.39. The number of carbonyl (C=O) groups is 1. The fourth-order valence-corrected chi connectivity index (χ4v) is 3.89. The Balaban J connectivity index is 1.82. The summed E-state index contributed by atoms with van der Waals surface area (Å²) in [5, 5.41) is 13.0. The van der Waals surface area contributed by atoms with Gasteiger partial charge in [-0.2, -0.15) is 0 Å². The van der Waals surface area contributed by atoms with Gasteiger partial charge in [0.1, 0.15) is 10.7 Å². The third-order valence-electron chi connectivity index (χ3n) is 4.35. The number of aliphatic hydroxyl groups is 1. The molecular weight excluding hydrogens is 308 g/mol. The van der Waals surface area contributed by atoms with Crippen LogP contribution in [-0.2, 0) is 0 Å². The lowest BCUT2D eigenvalue weighted by atomic mass is 9.96. The van der Waals surface area contributed by atoms with Crippen molar-refractivity contribution in [3.8, 4) is 10.6 Å². The number of likely N-dealkylation sites (tertiary alicyclic amines) is 1. The zero-order chi connectivity index (χ0) is 16.6. The number of rotatable bonds is 3. The highest BCUT2D eigenvalue weighted by molar-refractivity contribution is 7.13. The van der Waals surface area contributed by atoms with Crippen molar-refractivity contribution in [3.63, 3.8) is 0 Å². The second kappa shape index (κ2) is 6.06. The lowest BCUT2D eigenvalue weighted by molar-refractivity contribution is 0.000154. The van der Waals surface area contributed by atoms with Gasteiger partial charge in [-0.3, -0.25) is 4.79 Å². The Kier molecular flexibility index (Phi) is 4.25. The predicted octanol–water partition coefficient (Wildman–Crippen LogP) is 3.49. The summed E-state index contributed by atoms with van der Waals surface area (Å²) in [6.45, 7) is 6.26. The molecule has 0 bridgehead atoms. The van der Waals surface area contributed by atoms with E-state index in [9.17, 15) is 9.90 Å². The molecule has 1 atom stereocenters. The summed E-state index contributed by atoms with van der Waals surface area (Å²) in [5.41, 5.74) is 1.82. The summed E-state index contributed by atoms with van der Waals surface area (Å²) >= 11 is 1.48. The van der Waals surface area contributed by atoms with E-state index in [4.69, 9.17) is 0 Å². The van der Waals surface area contributed by atoms with Crippen molar-refractivity contribution in [1.82, 2.24) is 9.88 Å². The number of hydrogen-bond donors (Lipinski definition) is 1. The molecule has 1 aliphatic heterocycles. The SMILES string of the molecule is Cc1ccc(-c2nc(C(=O)N3CCCC3C(C)(C)O)cs2)cc1. The molecule has 1 aromatic heterocycles. The zero-order valence-corrected chi connectivity index (χ0v) is 14.6. The normalized spacial score (nSPS) is 18.4. The highest BCUT2D eigenvalue weighted by Crippen LogP contribution is 2.30. The van der Waals surface area contributed by atoms with E-state index in [0.717, 1.165) is 23.4 Å². The van der Waals surface area contributed by atoms with Gasteiger partial charge in [-0.25, -0.2) is 4.98 Å². The van der Waals surface area contributed by atoms with Crippen LogP contribution in [0.15, 0.2) is 29.6 Å². The van der Waals surface area contributed by atoms with E-state index in [-0.39, 0.29) is 11.9 Å². The van der Waals surface area contributed by atoms with Crippen LogP contribution < -0.4 is 0 Å². The van der Waals surface area contributed by atoms with Gasteiger partial charge < -0.3 is 10.0 Å². The lowest BCUT2D eigenvalue weighted by Gasteiger charge is -2.33. The first-order valence-corrected chi connectivity index (χ1v) is 8.80. The van der Waals surface area contributed by atoms with Gasteiger partial charge in [0.15, 0.2) is 0 Å². The lowest BCUT2D eigenvalue weighted by Crippen LogP contribution is -2.48. The van der Waals surface area contributed by atoms with Crippen molar-refractivity contribution < 1.29 is 9.90 Å². The first-order valence-electron chi connectivity index (χ1n) is 7.92. The number of benzene rings is 1. The maximum Gasteiger partial charge on any atom is 0.273 e. The Morgan fingerprint density at radius 3 is 2.70 bits per heavy atom. The van der Waals surface area contributed by atoms with Crippen LogP contribution in [0.5, 0.6) is 0 Å². The molecule has 0 spiro atoms. The summed E-state index contributed by atoms with van der Waals surface area (Å²) in [6.07, 6.45) is 1.76. The minimum Gasteiger partial charge on any atom is -0.388 e. The Bertz CT molecular complexity index is 701. The predicted molar refractivity (Wildman–Crippen MR) is 92.6 cm³/mol. The maximum absolute atomic E-state index is 12.8. The number of aromatic nitrogens is 1. The molecule has 1 unspecified atom stereocenters. The Morgan fingerprint density at radius 1 is 1.35 bits per heavy atom. The summed E-state index contributed by atoms with van der Waals surface area (Å²) in [7, 11) is 0. The number of hydrogen-bond acceptors (Lipinski definition) is 4. The molecule has 4 nitrogen and oxygen atoms in total. The molecule has 5 heteroatoms. The molecule has 1 amide bonds. The zero-order valence-electron chi connectivity index (χ0n) is 13.7. The second-order valence-electron chi connectivity index (χ2n) is 6.71. The summed E-state index contributed by atoms with van der Waals surface area (Å²) in [5.74, 6) is -0.0794. The van der Waals surface area contributed by atoms with Crippen molar-refractivity contribution in [1.29, 1.82) is 0 Å². The molecule has 0 aliphatic carbocycles. The van der Waals surface area contributed by atoms with E-state index in [2.05, 4.69) is 4.98 Å². The van der Waals surface area contributed by atoms with Crippen molar-refractivity contribution in [2.24, 2.45) is 0 Å². The van der Waals surface area contributed by atoms with Crippen LogP contribution in [0.1, 0.15) is 42.7 Å². The molecule has 2 aromatic rings. The van der Waals surface area contributed by atoms with Gasteiger partial charge >= 0.3 is 0 Å². The standard InChI is InChI=1S/C18H22N2O2S/c1-12-6-8-13(9-7-12)16-19-14(11-23-16)17(21)20-10-4-5-15(20)18(2,3)22/h6-9,11,15,22H,4-5,10H2,1-3H3. The van der Waals surface area contributed by atoms with E-state index < -0.39 is 5.60 Å². The molecule has 122 valence electrons. The average molecular weight is 330 g/mol. The maximum atomic E-state index is 12.8. The molecule has 0 saturated carbocycles. The third-order valence-corrected chi connectivity index (χ3v) is 5.24. The van der Waals surface area contributed by atoms with E-state index in [1.54, 1.807) is 18.7 Å². The largest absolute Gasteiger partial charge is 0.388 e. The van der Waals surface area contributed by atoms with E-state index in [0.29, 0.717) is 12.2 Å². The van der Waals surface area contributed by atoms with Gasteiger partial charge in [-0.1, -0.05) is 29.8 Å². The average Bonchev–Trinajstić information content (AvgIpc) is 3.16. The molecule has 3 rings (SSSR count). The van der Waals surface area contributed by atoms with Gasteiger partial charge in [0.2, 0.25) is 0 Å². The van der Waals surface area contributed by atoms with E-state index in [1.165, 1.54) is 16.9 Å². The van der Waals surface area contributed by atoms with Gasteiger partial charge in [-0.05, 0) is 33.6 Å². The van der Waals surface area contributed by atoms with Gasteiger partial charge in [0.05, 0.1) is 11.6 Å². The van der Waals surface area contributed by atoms with E-state index in [1.807, 2.05) is 36.6 Å². The summed E-state index contributed by atoms with van der Waals surface area (Å²) in [6, 6.07) is 8.00. The minimum absolute atomic E-state index is 0.0794. The highest BCUT2D eigenvalue weighted by atomic mass is 32.1. The van der Waals surface area contributed by atoms with Gasteiger partial charge in [0, 0.05) is 17.5 Å². The number of nitrogens with zero attached hydrogens (tertiary/aromatic N) is 2. The first kappa shape index (κ1) is 16.1. The quantitative estimate of drug-likeness (QED) is 0.937. The molecule has 1 N–H and O–H groups in total. The third kappa shape index (κ3) is 3.31. The summed E-state index contributed by atoms with van der Waals surface area (Å²) in [4.78, 5) is 19.1. The Hall–Kier alpha value is -1.72. The van der Waals surface area contributed by atoms with Gasteiger partial charge in [-0.15, -0.1) is 11.3 Å². The minimum atomic E-state index is -0.887. The number of aryl methyl sites for hydroxylation is 1. The van der Waals surface area contributed by atoms with Crippen molar-refractivity contribution in [2.45, 2.75) is 45.3 Å². The van der Waals surface area contributed by atoms with Crippen LogP contribution in [0.2, 0.25) is 0 Å². The smallest absolute Gasteiger partial charge is 0.273 e. The molecule has 1 aliphatic rings. The summed E-state index contributed by atoms with van der Waals surface area (Å²) < 4.78 is 0. The monoisotopic (exact) mass is 330 g/mol. The fraction of sp³-hybridized carbons (Fsp3) is 0.444. The Morgan fingerprint density at radius 2 is 2.04 bits per heavy atom. The Labute approximate surface area is 140 Å². The molecule has 1 aromatic carbocycles. The van der Waals surface area contributed by atoms with Crippen LogP contribution in [0.25, 0.3) is 10.6 Å². The topological polar surface area (TPSA) is 53.4 Å². The van der Waals surface area contributed by atoms with Gasteiger partial charge in [0.25, 0.3) is 5.91 Å². The van der Waals surface area contributed by atoms with Crippen LogP contribution >= 0.6 is 11.3 Å². The molecular formula is C18H22N2O2S.